The first kappa shape index (κ1) is 19.1. The molecule has 18 heavy (non-hydrogen) atoms. The van der Waals surface area contributed by atoms with Gasteiger partial charge in [0.15, 0.2) is 0 Å². The maximum absolute atomic E-state index is 15.6. The summed E-state index contributed by atoms with van der Waals surface area (Å²) in [4.78, 5) is 0. The summed E-state index contributed by atoms with van der Waals surface area (Å²) in [5.74, 6) is 0. The number of halogens is 1. The summed E-state index contributed by atoms with van der Waals surface area (Å²) < 4.78 is 15.7. The number of hydrogen-bond acceptors (Lipinski definition) is 1. The SMILES string of the molecule is CS[Si](C)(C)C([Si](C)(C)C)([Si](C)(C)C)[Si](C)(C)F. The second-order valence-corrected chi connectivity index (χ2v) is 34.1. The first-order valence-electron chi connectivity index (χ1n) is 6.80. The average molecular weight is 341 g/mol. The lowest BCUT2D eigenvalue weighted by molar-refractivity contribution is 0.776. The molecule has 0 atom stereocenters. The highest BCUT2D eigenvalue weighted by atomic mass is 32.4. The normalized spacial score (nSPS) is 16.0. The van der Waals surface area contributed by atoms with E-state index in [1.54, 1.807) is 0 Å². The lowest BCUT2D eigenvalue weighted by Crippen LogP contribution is -2.74. The van der Waals surface area contributed by atoms with E-state index in [0.717, 1.165) is 0 Å². The van der Waals surface area contributed by atoms with Crippen molar-refractivity contribution >= 4 is 43.0 Å². The van der Waals surface area contributed by atoms with Crippen LogP contribution in [0, 0.1) is 0 Å². The van der Waals surface area contributed by atoms with Gasteiger partial charge in [-0.05, 0) is 23.3 Å². The lowest BCUT2D eigenvalue weighted by atomic mass is 11.6. The molecule has 0 aromatic carbocycles. The van der Waals surface area contributed by atoms with Crippen molar-refractivity contribution in [2.75, 3.05) is 6.26 Å². The van der Waals surface area contributed by atoms with Crippen molar-refractivity contribution in [1.29, 1.82) is 0 Å². The van der Waals surface area contributed by atoms with Crippen LogP contribution in [0.15, 0.2) is 0 Å². The van der Waals surface area contributed by atoms with Gasteiger partial charge in [-0.25, -0.2) is 0 Å². The molecule has 0 aliphatic rings. The molecule has 0 aliphatic heterocycles. The summed E-state index contributed by atoms with van der Waals surface area (Å²) in [6.07, 6.45) is 2.22. The van der Waals surface area contributed by atoms with Crippen molar-refractivity contribution in [2.24, 2.45) is 0 Å². The zero-order valence-corrected chi connectivity index (χ0v) is 19.1. The van der Waals surface area contributed by atoms with Crippen LogP contribution in [0.25, 0.3) is 0 Å². The van der Waals surface area contributed by atoms with E-state index in [2.05, 4.69) is 58.6 Å². The molecule has 0 aromatic heterocycles. The molecule has 0 saturated carbocycles. The van der Waals surface area contributed by atoms with Gasteiger partial charge >= 0.3 is 0 Å². The summed E-state index contributed by atoms with van der Waals surface area (Å²) in [5.41, 5.74) is 0. The van der Waals surface area contributed by atoms with Crippen LogP contribution in [-0.2, 0) is 0 Å². The minimum absolute atomic E-state index is 0.111. The van der Waals surface area contributed by atoms with Gasteiger partial charge in [-0.3, -0.25) is 0 Å². The Kier molecular flexibility index (Phi) is 5.49. The summed E-state index contributed by atoms with van der Waals surface area (Å²) in [5, 5.41) is 0. The van der Waals surface area contributed by atoms with Gasteiger partial charge < -0.3 is 4.11 Å². The summed E-state index contributed by atoms with van der Waals surface area (Å²) in [6.45, 7) is 23.4. The van der Waals surface area contributed by atoms with Crippen LogP contribution in [-0.4, -0.2) is 38.0 Å². The standard InChI is InChI=1S/C12H33FSSi4/c1-14-18(10,11)12(15(2,3)4,16(5,6)7)17(8,9)13/h1-11H3. The van der Waals surface area contributed by atoms with Crippen LogP contribution >= 0.6 is 11.2 Å². The summed E-state index contributed by atoms with van der Waals surface area (Å²) in [7, 11) is -7.49. The Labute approximate surface area is 122 Å². The third-order valence-corrected chi connectivity index (χ3v) is 43.8. The molecule has 0 N–H and O–H groups in total. The maximum atomic E-state index is 15.6. The molecular weight excluding hydrogens is 308 g/mol. The van der Waals surface area contributed by atoms with Crippen molar-refractivity contribution in [1.82, 2.24) is 0 Å². The van der Waals surface area contributed by atoms with Crippen molar-refractivity contribution in [2.45, 2.75) is 69.4 Å². The van der Waals surface area contributed by atoms with Crippen LogP contribution in [0.4, 0.5) is 4.11 Å². The topological polar surface area (TPSA) is 0 Å². The predicted octanol–water partition coefficient (Wildman–Crippen LogP) is 5.76. The zero-order valence-electron chi connectivity index (χ0n) is 14.3. The Bertz CT molecular complexity index is 261. The van der Waals surface area contributed by atoms with Gasteiger partial charge in [0, 0.05) is 16.1 Å². The Morgan fingerprint density at radius 3 is 1.06 bits per heavy atom. The van der Waals surface area contributed by atoms with Crippen LogP contribution in [0.2, 0.25) is 69.4 Å². The Morgan fingerprint density at radius 2 is 1.00 bits per heavy atom. The molecule has 0 spiro atoms. The maximum Gasteiger partial charge on any atom is 0.240 e. The van der Waals surface area contributed by atoms with Gasteiger partial charge in [-0.15, -0.1) is 0 Å². The van der Waals surface area contributed by atoms with Crippen LogP contribution in [0.3, 0.4) is 0 Å². The van der Waals surface area contributed by atoms with E-state index < -0.39 is 31.8 Å². The monoisotopic (exact) mass is 340 g/mol. The molecular formula is C12H33FSSi4. The molecule has 0 saturated heterocycles. The van der Waals surface area contributed by atoms with Crippen molar-refractivity contribution in [3.63, 3.8) is 0 Å². The van der Waals surface area contributed by atoms with E-state index in [1.807, 2.05) is 24.3 Å². The van der Waals surface area contributed by atoms with Crippen LogP contribution in [0.1, 0.15) is 0 Å². The quantitative estimate of drug-likeness (QED) is 0.452. The smallest absolute Gasteiger partial charge is 0.240 e. The van der Waals surface area contributed by atoms with Crippen molar-refractivity contribution in [3.05, 3.63) is 0 Å². The second kappa shape index (κ2) is 5.16. The molecule has 110 valence electrons. The first-order valence-corrected chi connectivity index (χ1v) is 21.6. The fourth-order valence-electron chi connectivity index (χ4n) is 5.58. The van der Waals surface area contributed by atoms with Gasteiger partial charge in [0.05, 0.1) is 0 Å². The van der Waals surface area contributed by atoms with Gasteiger partial charge in [0.1, 0.15) is 7.22 Å². The highest BCUT2D eigenvalue weighted by Crippen LogP contribution is 2.62. The van der Waals surface area contributed by atoms with E-state index in [4.69, 9.17) is 0 Å². The first-order chi connectivity index (χ1) is 7.56. The van der Waals surface area contributed by atoms with E-state index in [0.29, 0.717) is 0 Å². The number of rotatable bonds is 5. The van der Waals surface area contributed by atoms with Gasteiger partial charge in [0.2, 0.25) is 8.41 Å². The molecule has 0 bridgehead atoms. The Hall–Kier alpha value is 1.15. The molecule has 0 rings (SSSR count). The molecule has 0 heterocycles. The van der Waals surface area contributed by atoms with E-state index in [-0.39, 0.29) is 3.91 Å². The molecule has 0 aliphatic carbocycles. The van der Waals surface area contributed by atoms with E-state index in [9.17, 15) is 0 Å². The summed E-state index contributed by atoms with van der Waals surface area (Å²) in [6, 6.07) is 0. The third-order valence-electron chi connectivity index (χ3n) is 4.56. The fraction of sp³-hybridized carbons (Fsp3) is 1.00. The lowest BCUT2D eigenvalue weighted by Gasteiger charge is -2.62. The second-order valence-electron chi connectivity index (χ2n) is 8.44. The average Bonchev–Trinajstić information content (AvgIpc) is 1.94. The van der Waals surface area contributed by atoms with Gasteiger partial charge in [0.25, 0.3) is 0 Å². The predicted molar refractivity (Wildman–Crippen MR) is 99.0 cm³/mol. The minimum atomic E-state index is -2.70. The fourth-order valence-corrected chi connectivity index (χ4v) is 60.7. The number of hydrogen-bond donors (Lipinski definition) is 0. The minimum Gasteiger partial charge on any atom is -0.315 e. The van der Waals surface area contributed by atoms with Gasteiger partial charge in [-0.1, -0.05) is 52.4 Å². The molecule has 6 heteroatoms. The third kappa shape index (κ3) is 2.77. The highest BCUT2D eigenvalue weighted by Gasteiger charge is 2.70. The molecule has 0 fully saturated rings. The van der Waals surface area contributed by atoms with E-state index in [1.165, 1.54) is 0 Å². The zero-order chi connectivity index (χ0) is 15.2. The largest absolute Gasteiger partial charge is 0.315 e. The van der Waals surface area contributed by atoms with Crippen molar-refractivity contribution in [3.8, 4) is 0 Å². The molecule has 0 unspecified atom stereocenters. The van der Waals surface area contributed by atoms with Crippen molar-refractivity contribution < 1.29 is 4.11 Å². The Morgan fingerprint density at radius 1 is 0.722 bits per heavy atom. The molecule has 0 nitrogen and oxygen atoms in total. The molecule has 0 aromatic rings. The van der Waals surface area contributed by atoms with Crippen LogP contribution < -0.4 is 0 Å². The Balaban J connectivity index is 6.47. The summed E-state index contributed by atoms with van der Waals surface area (Å²) >= 11 is 2.02. The highest BCUT2D eigenvalue weighted by molar-refractivity contribution is 8.29. The van der Waals surface area contributed by atoms with Gasteiger partial charge in [-0.2, -0.15) is 11.2 Å². The molecule has 0 radical (unpaired) electrons. The molecule has 0 amide bonds. The van der Waals surface area contributed by atoms with Crippen LogP contribution in [0.5, 0.6) is 0 Å². The van der Waals surface area contributed by atoms with E-state index >= 15 is 4.11 Å².